The Kier molecular flexibility index (Phi) is 5.91. The molecule has 1 aliphatic heterocycles. The van der Waals surface area contributed by atoms with Crippen LogP contribution in [-0.4, -0.2) is 24.7 Å². The Bertz CT molecular complexity index is 414. The summed E-state index contributed by atoms with van der Waals surface area (Å²) in [5.74, 6) is 3.34. The van der Waals surface area contributed by atoms with Crippen molar-refractivity contribution in [2.45, 2.75) is 19.6 Å². The van der Waals surface area contributed by atoms with Crippen molar-refractivity contribution in [3.8, 4) is 5.75 Å². The van der Waals surface area contributed by atoms with E-state index >= 15 is 0 Å². The van der Waals surface area contributed by atoms with Crippen molar-refractivity contribution in [3.05, 3.63) is 28.2 Å². The van der Waals surface area contributed by atoms with Crippen LogP contribution in [0.15, 0.2) is 22.7 Å². The summed E-state index contributed by atoms with van der Waals surface area (Å²) in [5.41, 5.74) is 0.750. The van der Waals surface area contributed by atoms with Gasteiger partial charge in [-0.1, -0.05) is 15.9 Å². The number of nitrogens with one attached hydrogen (secondary N) is 1. The first-order chi connectivity index (χ1) is 9.15. The Balaban J connectivity index is 1.91. The maximum absolute atomic E-state index is 12.3. The highest BCUT2D eigenvalue weighted by Gasteiger charge is 2.15. The van der Waals surface area contributed by atoms with E-state index in [1.165, 1.54) is 17.9 Å². The number of halogens is 3. The number of alkyl halides is 2. The number of ether oxygens (including phenoxy) is 1. The fourth-order valence-electron chi connectivity index (χ4n) is 2.05. The first-order valence-electron chi connectivity index (χ1n) is 6.17. The second-order valence-electron chi connectivity index (χ2n) is 4.49. The first-order valence-corrected chi connectivity index (χ1v) is 8.11. The number of hydrogen-bond acceptors (Lipinski definition) is 3. The lowest BCUT2D eigenvalue weighted by Crippen LogP contribution is -2.22. The van der Waals surface area contributed by atoms with E-state index in [2.05, 4.69) is 26.0 Å². The third kappa shape index (κ3) is 4.93. The largest absolute Gasteiger partial charge is 0.434 e. The van der Waals surface area contributed by atoms with E-state index in [1.807, 2.05) is 17.8 Å². The fourth-order valence-corrected chi connectivity index (χ4v) is 3.75. The van der Waals surface area contributed by atoms with Crippen LogP contribution in [0, 0.1) is 5.92 Å². The summed E-state index contributed by atoms with van der Waals surface area (Å²) in [6.07, 6.45) is 1.23. The van der Waals surface area contributed by atoms with Gasteiger partial charge in [0.05, 0.1) is 0 Å². The quantitative estimate of drug-likeness (QED) is 0.839. The maximum atomic E-state index is 12.3. The molecule has 0 bridgehead atoms. The van der Waals surface area contributed by atoms with Gasteiger partial charge in [0.25, 0.3) is 0 Å². The molecule has 0 saturated carbocycles. The van der Waals surface area contributed by atoms with Gasteiger partial charge in [-0.2, -0.15) is 20.5 Å². The average molecular weight is 352 g/mol. The Hall–Kier alpha value is -0.330. The standard InChI is InChI=1S/C13H16BrF2NOS/c14-11-1-2-12(18-13(15)16)10(5-11)7-17-6-9-3-4-19-8-9/h1-2,5,9,13,17H,3-4,6-8H2. The molecule has 2 rings (SSSR count). The molecule has 1 aromatic carbocycles. The van der Waals surface area contributed by atoms with Crippen LogP contribution in [0.3, 0.4) is 0 Å². The second-order valence-corrected chi connectivity index (χ2v) is 6.56. The monoisotopic (exact) mass is 351 g/mol. The van der Waals surface area contributed by atoms with Gasteiger partial charge >= 0.3 is 6.61 Å². The van der Waals surface area contributed by atoms with Crippen LogP contribution in [0.5, 0.6) is 5.75 Å². The number of benzene rings is 1. The third-order valence-corrected chi connectivity index (χ3v) is 4.74. The highest BCUT2D eigenvalue weighted by atomic mass is 79.9. The zero-order valence-electron chi connectivity index (χ0n) is 10.4. The predicted molar refractivity (Wildman–Crippen MR) is 77.9 cm³/mol. The van der Waals surface area contributed by atoms with Crippen molar-refractivity contribution in [1.29, 1.82) is 0 Å². The molecule has 0 aromatic heterocycles. The molecule has 1 saturated heterocycles. The van der Waals surface area contributed by atoms with Crippen LogP contribution >= 0.6 is 27.7 Å². The van der Waals surface area contributed by atoms with E-state index in [9.17, 15) is 8.78 Å². The van der Waals surface area contributed by atoms with Gasteiger partial charge in [0.1, 0.15) is 5.75 Å². The number of hydrogen-bond donors (Lipinski definition) is 1. The minimum absolute atomic E-state index is 0.242. The molecular weight excluding hydrogens is 336 g/mol. The summed E-state index contributed by atoms with van der Waals surface area (Å²) in [6.45, 7) is -1.32. The number of thioether (sulfide) groups is 1. The molecule has 2 nitrogen and oxygen atoms in total. The zero-order valence-corrected chi connectivity index (χ0v) is 12.8. The summed E-state index contributed by atoms with van der Waals surface area (Å²) < 4.78 is 30.0. The first kappa shape index (κ1) is 15.1. The van der Waals surface area contributed by atoms with Gasteiger partial charge in [0.2, 0.25) is 0 Å². The van der Waals surface area contributed by atoms with E-state index in [0.29, 0.717) is 12.5 Å². The summed E-state index contributed by atoms with van der Waals surface area (Å²) in [7, 11) is 0. The average Bonchev–Trinajstić information content (AvgIpc) is 2.85. The van der Waals surface area contributed by atoms with Gasteiger partial charge in [0, 0.05) is 16.6 Å². The zero-order chi connectivity index (χ0) is 13.7. The highest BCUT2D eigenvalue weighted by Crippen LogP contribution is 2.26. The van der Waals surface area contributed by atoms with Crippen molar-refractivity contribution in [1.82, 2.24) is 5.32 Å². The lowest BCUT2D eigenvalue weighted by molar-refractivity contribution is -0.0505. The summed E-state index contributed by atoms with van der Waals surface area (Å²) in [4.78, 5) is 0. The Morgan fingerprint density at radius 3 is 3.00 bits per heavy atom. The molecule has 1 aromatic rings. The van der Waals surface area contributed by atoms with Crippen LogP contribution in [-0.2, 0) is 6.54 Å². The van der Waals surface area contributed by atoms with Crippen LogP contribution in [0.25, 0.3) is 0 Å². The molecule has 19 heavy (non-hydrogen) atoms. The SMILES string of the molecule is FC(F)Oc1ccc(Br)cc1CNCC1CCSC1. The Morgan fingerprint density at radius 2 is 2.32 bits per heavy atom. The van der Waals surface area contributed by atoms with E-state index in [-0.39, 0.29) is 5.75 Å². The molecule has 0 radical (unpaired) electrons. The number of rotatable bonds is 6. The molecule has 1 N–H and O–H groups in total. The van der Waals surface area contributed by atoms with Crippen molar-refractivity contribution in [2.75, 3.05) is 18.1 Å². The highest BCUT2D eigenvalue weighted by molar-refractivity contribution is 9.10. The van der Waals surface area contributed by atoms with Crippen LogP contribution < -0.4 is 10.1 Å². The Labute approximate surface area is 124 Å². The molecular formula is C13H16BrF2NOS. The smallest absolute Gasteiger partial charge is 0.387 e. The molecule has 1 unspecified atom stereocenters. The minimum atomic E-state index is -2.79. The van der Waals surface area contributed by atoms with Gasteiger partial charge in [-0.05, 0) is 48.6 Å². The van der Waals surface area contributed by atoms with Gasteiger partial charge < -0.3 is 10.1 Å². The molecule has 106 valence electrons. The van der Waals surface area contributed by atoms with Crippen molar-refractivity contribution in [3.63, 3.8) is 0 Å². The predicted octanol–water partition coefficient (Wildman–Crippen LogP) is 3.89. The summed E-state index contributed by atoms with van der Waals surface area (Å²) in [6, 6.07) is 5.08. The van der Waals surface area contributed by atoms with E-state index in [0.717, 1.165) is 16.6 Å². The van der Waals surface area contributed by atoms with Crippen LogP contribution in [0.2, 0.25) is 0 Å². The molecule has 0 aliphatic carbocycles. The van der Waals surface area contributed by atoms with E-state index < -0.39 is 6.61 Å². The molecule has 0 amide bonds. The molecule has 1 fully saturated rings. The van der Waals surface area contributed by atoms with Crippen molar-refractivity contribution >= 4 is 27.7 Å². The molecule has 6 heteroatoms. The fraction of sp³-hybridized carbons (Fsp3) is 0.538. The van der Waals surface area contributed by atoms with Gasteiger partial charge in [-0.3, -0.25) is 0 Å². The van der Waals surface area contributed by atoms with Gasteiger partial charge in [-0.25, -0.2) is 0 Å². The molecule has 1 heterocycles. The second kappa shape index (κ2) is 7.45. The van der Waals surface area contributed by atoms with Crippen LogP contribution in [0.1, 0.15) is 12.0 Å². The van der Waals surface area contributed by atoms with Crippen LogP contribution in [0.4, 0.5) is 8.78 Å². The van der Waals surface area contributed by atoms with Gasteiger partial charge in [0.15, 0.2) is 0 Å². The van der Waals surface area contributed by atoms with E-state index in [1.54, 1.807) is 12.1 Å². The topological polar surface area (TPSA) is 21.3 Å². The van der Waals surface area contributed by atoms with Gasteiger partial charge in [-0.15, -0.1) is 0 Å². The molecule has 0 spiro atoms. The Morgan fingerprint density at radius 1 is 1.47 bits per heavy atom. The van der Waals surface area contributed by atoms with Crippen molar-refractivity contribution < 1.29 is 13.5 Å². The normalized spacial score (nSPS) is 19.1. The third-order valence-electron chi connectivity index (χ3n) is 3.01. The van der Waals surface area contributed by atoms with E-state index in [4.69, 9.17) is 0 Å². The van der Waals surface area contributed by atoms with Crippen molar-refractivity contribution in [2.24, 2.45) is 5.92 Å². The molecule has 1 atom stereocenters. The minimum Gasteiger partial charge on any atom is -0.434 e. The molecule has 1 aliphatic rings. The lowest BCUT2D eigenvalue weighted by atomic mass is 10.1. The summed E-state index contributed by atoms with van der Waals surface area (Å²) >= 11 is 5.32. The lowest BCUT2D eigenvalue weighted by Gasteiger charge is -2.14. The summed E-state index contributed by atoms with van der Waals surface area (Å²) in [5, 5.41) is 3.33. The maximum Gasteiger partial charge on any atom is 0.387 e.